The fraction of sp³-hybridized carbons (Fsp3) is 0.765. The van der Waals surface area contributed by atoms with Gasteiger partial charge in [0, 0.05) is 37.4 Å². The predicted molar refractivity (Wildman–Crippen MR) is 86.2 cm³/mol. The van der Waals surface area contributed by atoms with Crippen molar-refractivity contribution in [2.75, 3.05) is 13.1 Å². The molecule has 2 unspecified atom stereocenters. The quantitative estimate of drug-likeness (QED) is 0.930. The Bertz CT molecular complexity index is 504. The van der Waals surface area contributed by atoms with Gasteiger partial charge in [-0.1, -0.05) is 27.7 Å². The number of piperidine rings is 1. The van der Waals surface area contributed by atoms with Crippen LogP contribution < -0.4 is 0 Å². The van der Waals surface area contributed by atoms with Gasteiger partial charge in [-0.05, 0) is 25.2 Å². The summed E-state index contributed by atoms with van der Waals surface area (Å²) < 4.78 is 2.05. The minimum absolute atomic E-state index is 0.233. The zero-order valence-electron chi connectivity index (χ0n) is 14.2. The molecule has 0 aliphatic carbocycles. The van der Waals surface area contributed by atoms with E-state index in [9.17, 15) is 9.90 Å². The molecule has 1 fully saturated rings. The summed E-state index contributed by atoms with van der Waals surface area (Å²) in [5.41, 5.74) is -0.319. The molecular formula is C17H29N3O2. The van der Waals surface area contributed by atoms with Gasteiger partial charge in [-0.3, -0.25) is 4.79 Å². The van der Waals surface area contributed by atoms with Crippen LogP contribution in [0.2, 0.25) is 0 Å². The number of aliphatic hydroxyl groups is 1. The van der Waals surface area contributed by atoms with Crippen LogP contribution in [0.3, 0.4) is 0 Å². The normalized spacial score (nSPS) is 21.0. The summed E-state index contributed by atoms with van der Waals surface area (Å²) in [5, 5.41) is 10.0. The van der Waals surface area contributed by atoms with E-state index in [0.29, 0.717) is 12.3 Å². The molecule has 0 bridgehead atoms. The standard InChI is InChI=1S/C17H29N3O2/c1-5-14(21)15-18-8-10-19(15)11-13-7-6-9-20(12-13)16(22)17(2,3)4/h8,10,13-14,21H,5-7,9,11-12H2,1-4H3. The van der Waals surface area contributed by atoms with Gasteiger partial charge in [-0.25, -0.2) is 4.98 Å². The third-order valence-electron chi connectivity index (χ3n) is 4.34. The van der Waals surface area contributed by atoms with Crippen LogP contribution in [0.15, 0.2) is 12.4 Å². The Labute approximate surface area is 133 Å². The summed E-state index contributed by atoms with van der Waals surface area (Å²) >= 11 is 0. The molecule has 1 aromatic rings. The first-order chi connectivity index (χ1) is 10.3. The molecule has 0 saturated carbocycles. The monoisotopic (exact) mass is 307 g/mol. The maximum Gasteiger partial charge on any atom is 0.227 e. The van der Waals surface area contributed by atoms with Crippen LogP contribution in [0.25, 0.3) is 0 Å². The lowest BCUT2D eigenvalue weighted by Gasteiger charge is -2.36. The SMILES string of the molecule is CCC(O)c1nccn1CC1CCCN(C(=O)C(C)(C)C)C1. The smallest absolute Gasteiger partial charge is 0.227 e. The Balaban J connectivity index is 2.02. The molecule has 1 saturated heterocycles. The Hall–Kier alpha value is -1.36. The Morgan fingerprint density at radius 3 is 2.86 bits per heavy atom. The highest BCUT2D eigenvalue weighted by Gasteiger charge is 2.31. The summed E-state index contributed by atoms with van der Waals surface area (Å²) in [6.07, 6.45) is 6.00. The van der Waals surface area contributed by atoms with E-state index in [1.807, 2.05) is 43.4 Å². The molecule has 2 rings (SSSR count). The number of likely N-dealkylation sites (tertiary alicyclic amines) is 1. The Morgan fingerprint density at radius 1 is 1.50 bits per heavy atom. The van der Waals surface area contributed by atoms with Crippen LogP contribution in [0.5, 0.6) is 0 Å². The van der Waals surface area contributed by atoms with Crippen LogP contribution in [-0.4, -0.2) is 38.6 Å². The first kappa shape index (κ1) is 17.0. The molecule has 0 aromatic carbocycles. The average molecular weight is 307 g/mol. The maximum atomic E-state index is 12.5. The fourth-order valence-corrected chi connectivity index (χ4v) is 3.11. The topological polar surface area (TPSA) is 58.4 Å². The van der Waals surface area contributed by atoms with Gasteiger partial charge in [0.05, 0.1) is 0 Å². The minimum Gasteiger partial charge on any atom is -0.385 e. The average Bonchev–Trinajstić information content (AvgIpc) is 2.93. The molecule has 1 N–H and O–H groups in total. The van der Waals surface area contributed by atoms with E-state index in [1.165, 1.54) is 0 Å². The number of carbonyl (C=O) groups excluding carboxylic acids is 1. The molecular weight excluding hydrogens is 278 g/mol. The number of nitrogens with zero attached hydrogens (tertiary/aromatic N) is 3. The van der Waals surface area contributed by atoms with E-state index < -0.39 is 6.10 Å². The number of amides is 1. The zero-order valence-corrected chi connectivity index (χ0v) is 14.2. The van der Waals surface area contributed by atoms with E-state index in [1.54, 1.807) is 6.20 Å². The lowest BCUT2D eigenvalue weighted by Crippen LogP contribution is -2.46. The van der Waals surface area contributed by atoms with Gasteiger partial charge in [0.25, 0.3) is 0 Å². The van der Waals surface area contributed by atoms with Gasteiger partial charge >= 0.3 is 0 Å². The number of aromatic nitrogens is 2. The molecule has 1 amide bonds. The highest BCUT2D eigenvalue weighted by Crippen LogP contribution is 2.25. The molecule has 1 aliphatic heterocycles. The van der Waals surface area contributed by atoms with Crippen LogP contribution in [-0.2, 0) is 11.3 Å². The molecule has 0 spiro atoms. The number of imidazole rings is 1. The van der Waals surface area contributed by atoms with Crippen LogP contribution in [0.1, 0.15) is 58.9 Å². The second kappa shape index (κ2) is 6.82. The second-order valence-electron chi connectivity index (χ2n) is 7.37. The van der Waals surface area contributed by atoms with E-state index in [2.05, 4.69) is 4.98 Å². The van der Waals surface area contributed by atoms with Gasteiger partial charge in [-0.15, -0.1) is 0 Å². The Morgan fingerprint density at radius 2 is 2.23 bits per heavy atom. The summed E-state index contributed by atoms with van der Waals surface area (Å²) in [6.45, 7) is 10.4. The van der Waals surface area contributed by atoms with Crippen molar-refractivity contribution in [3.63, 3.8) is 0 Å². The highest BCUT2D eigenvalue weighted by atomic mass is 16.3. The van der Waals surface area contributed by atoms with Crippen molar-refractivity contribution in [1.82, 2.24) is 14.5 Å². The van der Waals surface area contributed by atoms with Crippen LogP contribution >= 0.6 is 0 Å². The van der Waals surface area contributed by atoms with Crippen LogP contribution in [0, 0.1) is 11.3 Å². The van der Waals surface area contributed by atoms with Crippen LogP contribution in [0.4, 0.5) is 0 Å². The van der Waals surface area contributed by atoms with Crippen molar-refractivity contribution in [2.24, 2.45) is 11.3 Å². The lowest BCUT2D eigenvalue weighted by atomic mass is 9.91. The summed E-state index contributed by atoms with van der Waals surface area (Å²) in [7, 11) is 0. The van der Waals surface area contributed by atoms with E-state index in [-0.39, 0.29) is 11.3 Å². The fourth-order valence-electron chi connectivity index (χ4n) is 3.11. The van der Waals surface area contributed by atoms with Crippen molar-refractivity contribution >= 4 is 5.91 Å². The first-order valence-corrected chi connectivity index (χ1v) is 8.31. The van der Waals surface area contributed by atoms with Gasteiger partial charge < -0.3 is 14.6 Å². The summed E-state index contributed by atoms with van der Waals surface area (Å²) in [5.74, 6) is 1.40. The Kier molecular flexibility index (Phi) is 5.27. The summed E-state index contributed by atoms with van der Waals surface area (Å²) in [6, 6.07) is 0. The van der Waals surface area contributed by atoms with Crippen molar-refractivity contribution in [3.05, 3.63) is 18.2 Å². The molecule has 22 heavy (non-hydrogen) atoms. The van der Waals surface area contributed by atoms with Crippen molar-refractivity contribution < 1.29 is 9.90 Å². The number of hydrogen-bond acceptors (Lipinski definition) is 3. The third kappa shape index (κ3) is 3.88. The molecule has 0 radical (unpaired) electrons. The third-order valence-corrected chi connectivity index (χ3v) is 4.34. The predicted octanol–water partition coefficient (Wildman–Crippen LogP) is 2.61. The molecule has 2 heterocycles. The van der Waals surface area contributed by atoms with E-state index in [4.69, 9.17) is 0 Å². The summed E-state index contributed by atoms with van der Waals surface area (Å²) in [4.78, 5) is 18.7. The maximum absolute atomic E-state index is 12.5. The number of carbonyl (C=O) groups is 1. The van der Waals surface area contributed by atoms with E-state index in [0.717, 1.165) is 38.3 Å². The number of hydrogen-bond donors (Lipinski definition) is 1. The molecule has 124 valence electrons. The van der Waals surface area contributed by atoms with Crippen molar-refractivity contribution in [3.8, 4) is 0 Å². The molecule has 5 heteroatoms. The van der Waals surface area contributed by atoms with Gasteiger partial charge in [0.15, 0.2) is 0 Å². The lowest BCUT2D eigenvalue weighted by molar-refractivity contribution is -0.141. The highest BCUT2D eigenvalue weighted by molar-refractivity contribution is 5.81. The van der Waals surface area contributed by atoms with E-state index >= 15 is 0 Å². The largest absolute Gasteiger partial charge is 0.385 e. The molecule has 2 atom stereocenters. The first-order valence-electron chi connectivity index (χ1n) is 8.31. The molecule has 5 nitrogen and oxygen atoms in total. The molecule has 1 aliphatic rings. The molecule has 1 aromatic heterocycles. The number of rotatable bonds is 4. The van der Waals surface area contributed by atoms with Gasteiger partial charge in [0.2, 0.25) is 5.91 Å². The van der Waals surface area contributed by atoms with Gasteiger partial charge in [-0.2, -0.15) is 0 Å². The van der Waals surface area contributed by atoms with Crippen molar-refractivity contribution in [1.29, 1.82) is 0 Å². The van der Waals surface area contributed by atoms with Crippen molar-refractivity contribution in [2.45, 2.75) is 59.6 Å². The minimum atomic E-state index is -0.508. The number of aliphatic hydroxyl groups excluding tert-OH is 1. The van der Waals surface area contributed by atoms with Gasteiger partial charge in [0.1, 0.15) is 11.9 Å². The zero-order chi connectivity index (χ0) is 16.3. The second-order valence-corrected chi connectivity index (χ2v) is 7.37.